The number of carbonyl (C=O) groups is 1. The van der Waals surface area contributed by atoms with Crippen molar-refractivity contribution in [3.05, 3.63) is 36.0 Å². The third kappa shape index (κ3) is 1.71. The molecular formula is C13H11N3O2S. The Balaban J connectivity index is 1.85. The SMILES string of the molecule is O=C1C=C(n2ncc3cc(C4CC4)ccc32)S(=O)N1. The summed E-state index contributed by atoms with van der Waals surface area (Å²) < 4.78 is 15.7. The van der Waals surface area contributed by atoms with Crippen molar-refractivity contribution in [2.24, 2.45) is 0 Å². The van der Waals surface area contributed by atoms with Crippen LogP contribution in [0.1, 0.15) is 24.3 Å². The molecule has 0 saturated heterocycles. The molecule has 96 valence electrons. The fourth-order valence-electron chi connectivity index (χ4n) is 2.38. The van der Waals surface area contributed by atoms with Crippen molar-refractivity contribution in [2.45, 2.75) is 18.8 Å². The number of fused-ring (bicyclic) bond motifs is 1. The van der Waals surface area contributed by atoms with E-state index in [0.29, 0.717) is 10.9 Å². The zero-order chi connectivity index (χ0) is 13.0. The van der Waals surface area contributed by atoms with Crippen molar-refractivity contribution < 1.29 is 9.00 Å². The second-order valence-electron chi connectivity index (χ2n) is 4.87. The Labute approximate surface area is 111 Å². The van der Waals surface area contributed by atoms with Gasteiger partial charge in [-0.05, 0) is 36.5 Å². The molecule has 1 aliphatic carbocycles. The van der Waals surface area contributed by atoms with E-state index in [0.717, 1.165) is 10.9 Å². The van der Waals surface area contributed by atoms with Crippen LogP contribution in [0.4, 0.5) is 0 Å². The van der Waals surface area contributed by atoms with Gasteiger partial charge in [-0.3, -0.25) is 9.52 Å². The van der Waals surface area contributed by atoms with E-state index in [1.807, 2.05) is 6.07 Å². The number of nitrogens with zero attached hydrogens (tertiary/aromatic N) is 2. The molecule has 6 heteroatoms. The maximum absolute atomic E-state index is 11.8. The molecule has 1 N–H and O–H groups in total. The molecule has 1 unspecified atom stereocenters. The molecule has 2 aliphatic rings. The van der Waals surface area contributed by atoms with Gasteiger partial charge in [0.2, 0.25) is 0 Å². The van der Waals surface area contributed by atoms with Gasteiger partial charge in [0, 0.05) is 11.5 Å². The molecule has 1 fully saturated rings. The Morgan fingerprint density at radius 1 is 1.37 bits per heavy atom. The summed E-state index contributed by atoms with van der Waals surface area (Å²) >= 11 is 0. The molecule has 0 spiro atoms. The highest BCUT2D eigenvalue weighted by molar-refractivity contribution is 7.93. The van der Waals surface area contributed by atoms with Crippen molar-refractivity contribution >= 4 is 32.8 Å². The van der Waals surface area contributed by atoms with Gasteiger partial charge in [-0.1, -0.05) is 6.07 Å². The van der Waals surface area contributed by atoms with Crippen LogP contribution in [0.5, 0.6) is 0 Å². The highest BCUT2D eigenvalue weighted by atomic mass is 32.2. The van der Waals surface area contributed by atoms with Crippen LogP contribution in [0.15, 0.2) is 30.5 Å². The molecule has 2 heterocycles. The van der Waals surface area contributed by atoms with Gasteiger partial charge in [-0.25, -0.2) is 8.89 Å². The average molecular weight is 273 g/mol. The Hall–Kier alpha value is -1.95. The molecule has 1 aromatic carbocycles. The van der Waals surface area contributed by atoms with Crippen LogP contribution in [0.25, 0.3) is 15.9 Å². The second-order valence-corrected chi connectivity index (χ2v) is 6.03. The van der Waals surface area contributed by atoms with E-state index in [-0.39, 0.29) is 5.91 Å². The first-order valence-electron chi connectivity index (χ1n) is 6.14. The third-order valence-corrected chi connectivity index (χ3v) is 4.54. The standard InChI is InChI=1S/C13H11N3O2S/c17-12-6-13(19(18)15-12)16-11-4-3-9(8-1-2-8)5-10(11)7-14-16/h3-8H,1-2H2,(H,15,17). The number of carbonyl (C=O) groups excluding carboxylic acids is 1. The first-order valence-corrected chi connectivity index (χ1v) is 7.29. The lowest BCUT2D eigenvalue weighted by atomic mass is 10.1. The fraction of sp³-hybridized carbons (Fsp3) is 0.231. The molecule has 4 rings (SSSR count). The lowest BCUT2D eigenvalue weighted by Crippen LogP contribution is -2.17. The maximum atomic E-state index is 11.8. The summed E-state index contributed by atoms with van der Waals surface area (Å²) in [6, 6.07) is 6.20. The normalized spacial score (nSPS) is 22.6. The monoisotopic (exact) mass is 273 g/mol. The topological polar surface area (TPSA) is 64.0 Å². The lowest BCUT2D eigenvalue weighted by Gasteiger charge is -2.03. The number of aromatic nitrogens is 2. The number of amides is 1. The molecule has 0 radical (unpaired) electrons. The van der Waals surface area contributed by atoms with Gasteiger partial charge in [0.25, 0.3) is 5.91 Å². The van der Waals surface area contributed by atoms with Crippen molar-refractivity contribution in [2.75, 3.05) is 0 Å². The van der Waals surface area contributed by atoms with Crippen LogP contribution in [0.3, 0.4) is 0 Å². The molecule has 1 atom stereocenters. The van der Waals surface area contributed by atoms with Gasteiger partial charge < -0.3 is 0 Å². The zero-order valence-electron chi connectivity index (χ0n) is 10.00. The summed E-state index contributed by atoms with van der Waals surface area (Å²) in [7, 11) is -1.52. The molecule has 1 amide bonds. The predicted molar refractivity (Wildman–Crippen MR) is 72.3 cm³/mol. The summed E-state index contributed by atoms with van der Waals surface area (Å²) in [6.45, 7) is 0. The maximum Gasteiger partial charge on any atom is 0.258 e. The van der Waals surface area contributed by atoms with Gasteiger partial charge in [0.1, 0.15) is 0 Å². The van der Waals surface area contributed by atoms with Crippen molar-refractivity contribution in [1.29, 1.82) is 0 Å². The van der Waals surface area contributed by atoms with Gasteiger partial charge in [-0.15, -0.1) is 0 Å². The van der Waals surface area contributed by atoms with Crippen LogP contribution in [0.2, 0.25) is 0 Å². The largest absolute Gasteiger partial charge is 0.269 e. The van der Waals surface area contributed by atoms with Gasteiger partial charge in [0.05, 0.1) is 11.7 Å². The van der Waals surface area contributed by atoms with E-state index in [1.54, 1.807) is 10.9 Å². The highest BCUT2D eigenvalue weighted by Gasteiger charge is 2.25. The summed E-state index contributed by atoms with van der Waals surface area (Å²) in [5, 5.41) is 5.65. The number of hydrogen-bond acceptors (Lipinski definition) is 3. The quantitative estimate of drug-likeness (QED) is 0.902. The number of rotatable bonds is 2. The minimum Gasteiger partial charge on any atom is -0.269 e. The van der Waals surface area contributed by atoms with E-state index >= 15 is 0 Å². The molecular weight excluding hydrogens is 262 g/mol. The molecule has 2 aromatic rings. The van der Waals surface area contributed by atoms with Gasteiger partial charge >= 0.3 is 0 Å². The molecule has 5 nitrogen and oxygen atoms in total. The summed E-state index contributed by atoms with van der Waals surface area (Å²) in [4.78, 5) is 11.2. The van der Waals surface area contributed by atoms with Crippen LogP contribution >= 0.6 is 0 Å². The molecule has 0 bridgehead atoms. The highest BCUT2D eigenvalue weighted by Crippen LogP contribution is 2.41. The van der Waals surface area contributed by atoms with Crippen molar-refractivity contribution in [3.63, 3.8) is 0 Å². The Morgan fingerprint density at radius 3 is 2.89 bits per heavy atom. The summed E-state index contributed by atoms with van der Waals surface area (Å²) in [5.74, 6) is 0.349. The van der Waals surface area contributed by atoms with Gasteiger partial charge in [0.15, 0.2) is 16.0 Å². The van der Waals surface area contributed by atoms with Crippen LogP contribution in [-0.2, 0) is 15.8 Å². The summed E-state index contributed by atoms with van der Waals surface area (Å²) in [5.41, 5.74) is 2.21. The number of benzene rings is 1. The van der Waals surface area contributed by atoms with E-state index in [9.17, 15) is 9.00 Å². The molecule has 1 aliphatic heterocycles. The molecule has 1 saturated carbocycles. The Kier molecular flexibility index (Phi) is 2.17. The number of nitrogens with one attached hydrogen (secondary N) is 1. The van der Waals surface area contributed by atoms with E-state index in [2.05, 4.69) is 22.0 Å². The molecule has 19 heavy (non-hydrogen) atoms. The lowest BCUT2D eigenvalue weighted by molar-refractivity contribution is -0.114. The van der Waals surface area contributed by atoms with E-state index in [4.69, 9.17) is 0 Å². The zero-order valence-corrected chi connectivity index (χ0v) is 10.8. The van der Waals surface area contributed by atoms with E-state index < -0.39 is 11.0 Å². The minimum atomic E-state index is -1.52. The first kappa shape index (κ1) is 10.9. The van der Waals surface area contributed by atoms with Gasteiger partial charge in [-0.2, -0.15) is 5.10 Å². The first-order chi connectivity index (χ1) is 9.22. The Morgan fingerprint density at radius 2 is 2.21 bits per heavy atom. The van der Waals surface area contributed by atoms with Crippen LogP contribution in [0, 0.1) is 0 Å². The summed E-state index contributed by atoms with van der Waals surface area (Å²) in [6.07, 6.45) is 5.60. The average Bonchev–Trinajstić information content (AvgIpc) is 3.08. The smallest absolute Gasteiger partial charge is 0.258 e. The number of hydrogen-bond donors (Lipinski definition) is 1. The minimum absolute atomic E-state index is 0.341. The predicted octanol–water partition coefficient (Wildman–Crippen LogP) is 1.51. The second kappa shape index (κ2) is 3.77. The third-order valence-electron chi connectivity index (χ3n) is 3.49. The molecule has 1 aromatic heterocycles. The van der Waals surface area contributed by atoms with Crippen molar-refractivity contribution in [3.8, 4) is 0 Å². The van der Waals surface area contributed by atoms with Crippen LogP contribution < -0.4 is 4.72 Å². The van der Waals surface area contributed by atoms with E-state index in [1.165, 1.54) is 24.5 Å². The van der Waals surface area contributed by atoms with Crippen molar-refractivity contribution in [1.82, 2.24) is 14.5 Å². The fourth-order valence-corrected chi connectivity index (χ4v) is 3.24. The Bertz CT molecular complexity index is 758. The van der Waals surface area contributed by atoms with Crippen LogP contribution in [-0.4, -0.2) is 19.9 Å².